The van der Waals surface area contributed by atoms with Crippen molar-refractivity contribution in [1.82, 2.24) is 4.98 Å². The fraction of sp³-hybridized carbons (Fsp3) is 0.267. The largest absolute Gasteiger partial charge is 0.493 e. The number of hydrogen-bond donors (Lipinski definition) is 1. The molecule has 0 radical (unpaired) electrons. The maximum Gasteiger partial charge on any atom is 0.212 e. The van der Waals surface area contributed by atoms with E-state index in [2.05, 4.69) is 10.3 Å². The van der Waals surface area contributed by atoms with Gasteiger partial charge in [-0.3, -0.25) is 0 Å². The van der Waals surface area contributed by atoms with Gasteiger partial charge in [0.15, 0.2) is 11.5 Å². The molecule has 4 nitrogen and oxygen atoms in total. The van der Waals surface area contributed by atoms with Gasteiger partial charge in [-0.1, -0.05) is 6.07 Å². The fourth-order valence-corrected chi connectivity index (χ4v) is 1.78. The number of benzene rings is 1. The lowest BCUT2D eigenvalue weighted by molar-refractivity contribution is 0.310. The molecule has 0 saturated heterocycles. The SMILES string of the molecule is CCOc1cc(CNc2ccc(F)nc2)ccc1OC. The van der Waals surface area contributed by atoms with Gasteiger partial charge in [-0.05, 0) is 36.8 Å². The number of aromatic nitrogens is 1. The summed E-state index contributed by atoms with van der Waals surface area (Å²) in [4.78, 5) is 3.59. The van der Waals surface area contributed by atoms with Crippen LogP contribution >= 0.6 is 0 Å². The van der Waals surface area contributed by atoms with E-state index in [1.54, 1.807) is 13.2 Å². The number of rotatable bonds is 6. The second-order valence-corrected chi connectivity index (χ2v) is 4.14. The summed E-state index contributed by atoms with van der Waals surface area (Å²) in [5.41, 5.74) is 1.80. The summed E-state index contributed by atoms with van der Waals surface area (Å²) in [7, 11) is 1.61. The van der Waals surface area contributed by atoms with Gasteiger partial charge >= 0.3 is 0 Å². The Morgan fingerprint density at radius 3 is 2.70 bits per heavy atom. The highest BCUT2D eigenvalue weighted by Gasteiger charge is 2.05. The van der Waals surface area contributed by atoms with E-state index in [0.29, 0.717) is 24.7 Å². The normalized spacial score (nSPS) is 10.2. The van der Waals surface area contributed by atoms with Gasteiger partial charge in [-0.25, -0.2) is 4.98 Å². The molecule has 2 rings (SSSR count). The Labute approximate surface area is 117 Å². The molecular formula is C15H17FN2O2. The third kappa shape index (κ3) is 3.60. The lowest BCUT2D eigenvalue weighted by Gasteiger charge is -2.12. The molecule has 1 N–H and O–H groups in total. The molecule has 1 aromatic carbocycles. The molecule has 106 valence electrons. The van der Waals surface area contributed by atoms with Crippen LogP contribution in [0.25, 0.3) is 0 Å². The van der Waals surface area contributed by atoms with E-state index in [1.165, 1.54) is 12.3 Å². The minimum Gasteiger partial charge on any atom is -0.493 e. The third-order valence-electron chi connectivity index (χ3n) is 2.75. The van der Waals surface area contributed by atoms with Crippen molar-refractivity contribution in [1.29, 1.82) is 0 Å². The molecule has 0 aliphatic carbocycles. The van der Waals surface area contributed by atoms with E-state index in [0.717, 1.165) is 11.3 Å². The number of ether oxygens (including phenoxy) is 2. The van der Waals surface area contributed by atoms with Crippen molar-refractivity contribution in [2.75, 3.05) is 19.0 Å². The second kappa shape index (κ2) is 6.75. The average molecular weight is 276 g/mol. The Hall–Kier alpha value is -2.30. The highest BCUT2D eigenvalue weighted by molar-refractivity contribution is 5.45. The Bertz CT molecular complexity index is 558. The maximum atomic E-state index is 12.7. The third-order valence-corrected chi connectivity index (χ3v) is 2.75. The number of halogens is 1. The van der Waals surface area contributed by atoms with E-state index in [-0.39, 0.29) is 0 Å². The quantitative estimate of drug-likeness (QED) is 0.823. The first-order valence-electron chi connectivity index (χ1n) is 6.38. The minimum absolute atomic E-state index is 0.487. The molecule has 0 aliphatic rings. The topological polar surface area (TPSA) is 43.4 Å². The zero-order chi connectivity index (χ0) is 14.4. The highest BCUT2D eigenvalue weighted by atomic mass is 19.1. The van der Waals surface area contributed by atoms with Crippen molar-refractivity contribution in [2.45, 2.75) is 13.5 Å². The lowest BCUT2D eigenvalue weighted by atomic mass is 10.2. The molecule has 0 fully saturated rings. The number of anilines is 1. The van der Waals surface area contributed by atoms with Gasteiger partial charge in [-0.2, -0.15) is 4.39 Å². The van der Waals surface area contributed by atoms with Crippen LogP contribution in [0.1, 0.15) is 12.5 Å². The molecular weight excluding hydrogens is 259 g/mol. The van der Waals surface area contributed by atoms with E-state index >= 15 is 0 Å². The summed E-state index contributed by atoms with van der Waals surface area (Å²) < 4.78 is 23.5. The van der Waals surface area contributed by atoms with Crippen molar-refractivity contribution >= 4 is 5.69 Å². The molecule has 0 bridgehead atoms. The summed E-state index contributed by atoms with van der Waals surface area (Å²) in [6.45, 7) is 3.10. The summed E-state index contributed by atoms with van der Waals surface area (Å²) in [5.74, 6) is 0.934. The van der Waals surface area contributed by atoms with Gasteiger partial charge < -0.3 is 14.8 Å². The number of methoxy groups -OCH3 is 1. The van der Waals surface area contributed by atoms with Crippen LogP contribution in [0, 0.1) is 5.95 Å². The van der Waals surface area contributed by atoms with Gasteiger partial charge in [0.05, 0.1) is 25.6 Å². The summed E-state index contributed by atoms with van der Waals surface area (Å²) >= 11 is 0. The monoisotopic (exact) mass is 276 g/mol. The van der Waals surface area contributed by atoms with Crippen LogP contribution in [0.3, 0.4) is 0 Å². The second-order valence-electron chi connectivity index (χ2n) is 4.14. The first kappa shape index (κ1) is 14.1. The smallest absolute Gasteiger partial charge is 0.212 e. The molecule has 1 heterocycles. The molecule has 0 amide bonds. The van der Waals surface area contributed by atoms with Gasteiger partial charge in [0.2, 0.25) is 5.95 Å². The van der Waals surface area contributed by atoms with E-state index in [9.17, 15) is 4.39 Å². The van der Waals surface area contributed by atoms with Crippen molar-refractivity contribution < 1.29 is 13.9 Å². The van der Waals surface area contributed by atoms with Crippen LogP contribution in [0.15, 0.2) is 36.5 Å². The first-order chi connectivity index (χ1) is 9.72. The Morgan fingerprint density at radius 1 is 1.20 bits per heavy atom. The minimum atomic E-state index is -0.487. The summed E-state index contributed by atoms with van der Waals surface area (Å²) in [6.07, 6.45) is 1.46. The van der Waals surface area contributed by atoms with E-state index in [1.807, 2.05) is 25.1 Å². The molecule has 5 heteroatoms. The van der Waals surface area contributed by atoms with Crippen molar-refractivity contribution in [3.8, 4) is 11.5 Å². The zero-order valence-corrected chi connectivity index (χ0v) is 11.5. The Balaban J connectivity index is 2.05. The van der Waals surface area contributed by atoms with E-state index in [4.69, 9.17) is 9.47 Å². The number of nitrogens with zero attached hydrogens (tertiary/aromatic N) is 1. The predicted molar refractivity (Wildman–Crippen MR) is 75.7 cm³/mol. The standard InChI is InChI=1S/C15H17FN2O2/c1-3-20-14-8-11(4-6-13(14)19-2)9-17-12-5-7-15(16)18-10-12/h4-8,10,17H,3,9H2,1-2H3. The fourth-order valence-electron chi connectivity index (χ4n) is 1.78. The zero-order valence-electron chi connectivity index (χ0n) is 11.5. The Morgan fingerprint density at radius 2 is 2.05 bits per heavy atom. The van der Waals surface area contributed by atoms with Gasteiger partial charge in [-0.15, -0.1) is 0 Å². The molecule has 0 spiro atoms. The molecule has 20 heavy (non-hydrogen) atoms. The van der Waals surface area contributed by atoms with Gasteiger partial charge in [0, 0.05) is 6.54 Å². The molecule has 0 unspecified atom stereocenters. The lowest BCUT2D eigenvalue weighted by Crippen LogP contribution is -2.02. The van der Waals surface area contributed by atoms with Crippen LogP contribution in [-0.2, 0) is 6.54 Å². The van der Waals surface area contributed by atoms with Crippen molar-refractivity contribution in [3.63, 3.8) is 0 Å². The average Bonchev–Trinajstić information content (AvgIpc) is 2.47. The predicted octanol–water partition coefficient (Wildman–Crippen LogP) is 3.24. The van der Waals surface area contributed by atoms with Gasteiger partial charge in [0.25, 0.3) is 0 Å². The van der Waals surface area contributed by atoms with Crippen molar-refractivity contribution in [3.05, 3.63) is 48.0 Å². The van der Waals surface area contributed by atoms with Gasteiger partial charge in [0.1, 0.15) is 0 Å². The molecule has 0 saturated carbocycles. The molecule has 0 atom stereocenters. The first-order valence-corrected chi connectivity index (χ1v) is 6.38. The van der Waals surface area contributed by atoms with Crippen molar-refractivity contribution in [2.24, 2.45) is 0 Å². The van der Waals surface area contributed by atoms with Crippen LogP contribution in [-0.4, -0.2) is 18.7 Å². The maximum absolute atomic E-state index is 12.7. The van der Waals surface area contributed by atoms with Crippen LogP contribution in [0.4, 0.5) is 10.1 Å². The number of hydrogen-bond acceptors (Lipinski definition) is 4. The van der Waals surface area contributed by atoms with E-state index < -0.39 is 5.95 Å². The van der Waals surface area contributed by atoms with Crippen LogP contribution in [0.2, 0.25) is 0 Å². The number of nitrogens with one attached hydrogen (secondary N) is 1. The highest BCUT2D eigenvalue weighted by Crippen LogP contribution is 2.28. The molecule has 2 aromatic rings. The summed E-state index contributed by atoms with van der Waals surface area (Å²) in [6, 6.07) is 8.71. The molecule has 1 aromatic heterocycles. The summed E-state index contributed by atoms with van der Waals surface area (Å²) in [5, 5.41) is 3.17. The van der Waals surface area contributed by atoms with Crippen LogP contribution < -0.4 is 14.8 Å². The molecule has 0 aliphatic heterocycles. The van der Waals surface area contributed by atoms with Crippen LogP contribution in [0.5, 0.6) is 11.5 Å². The number of pyridine rings is 1. The Kier molecular flexibility index (Phi) is 4.76.